The molecule has 1 aromatic rings. The summed E-state index contributed by atoms with van der Waals surface area (Å²) in [6.07, 6.45) is 0.571. The van der Waals surface area contributed by atoms with Crippen molar-refractivity contribution in [3.05, 3.63) is 29.6 Å². The monoisotopic (exact) mass is 287 g/mol. The van der Waals surface area contributed by atoms with Crippen molar-refractivity contribution >= 4 is 23.5 Å². The highest BCUT2D eigenvalue weighted by Gasteiger charge is 2.23. The van der Waals surface area contributed by atoms with E-state index in [4.69, 9.17) is 10.5 Å². The molecule has 1 aromatic carbocycles. The number of hydrogen-bond donors (Lipinski definition) is 1. The van der Waals surface area contributed by atoms with Crippen molar-refractivity contribution in [2.24, 2.45) is 5.73 Å². The standard InChI is InChI=1S/C13H18FNOS2/c1-16-11-4-2-3-9(13(11)14)7-10(15)12-8-17-5-6-18-12/h2-4,10,12H,5-8,15H2,1H3. The molecule has 2 atom stereocenters. The van der Waals surface area contributed by atoms with E-state index in [1.807, 2.05) is 29.6 Å². The molecular formula is C13H18FNOS2. The van der Waals surface area contributed by atoms with Crippen LogP contribution in [0.4, 0.5) is 4.39 Å². The summed E-state index contributed by atoms with van der Waals surface area (Å²) in [5, 5.41) is 0.425. The van der Waals surface area contributed by atoms with Gasteiger partial charge < -0.3 is 10.5 Å². The van der Waals surface area contributed by atoms with Gasteiger partial charge in [0.05, 0.1) is 7.11 Å². The first-order chi connectivity index (χ1) is 8.72. The fourth-order valence-electron chi connectivity index (χ4n) is 2.01. The zero-order valence-electron chi connectivity index (χ0n) is 10.4. The smallest absolute Gasteiger partial charge is 0.168 e. The summed E-state index contributed by atoms with van der Waals surface area (Å²) in [6.45, 7) is 0. The van der Waals surface area contributed by atoms with E-state index in [0.717, 1.165) is 11.5 Å². The summed E-state index contributed by atoms with van der Waals surface area (Å²) in [7, 11) is 1.48. The number of methoxy groups -OCH3 is 1. The number of rotatable bonds is 4. The Balaban J connectivity index is 2.04. The van der Waals surface area contributed by atoms with Crippen LogP contribution in [0.3, 0.4) is 0 Å². The molecule has 1 fully saturated rings. The molecule has 0 aliphatic carbocycles. The number of hydrogen-bond acceptors (Lipinski definition) is 4. The lowest BCUT2D eigenvalue weighted by Crippen LogP contribution is -2.38. The van der Waals surface area contributed by atoms with Gasteiger partial charge in [0.25, 0.3) is 0 Å². The van der Waals surface area contributed by atoms with E-state index in [-0.39, 0.29) is 11.9 Å². The van der Waals surface area contributed by atoms with Crippen molar-refractivity contribution in [3.63, 3.8) is 0 Å². The van der Waals surface area contributed by atoms with Gasteiger partial charge in [-0.1, -0.05) is 12.1 Å². The number of nitrogens with two attached hydrogens (primary N) is 1. The normalized spacial score (nSPS) is 21.6. The van der Waals surface area contributed by atoms with Crippen LogP contribution >= 0.6 is 23.5 Å². The van der Waals surface area contributed by atoms with Crippen molar-refractivity contribution in [2.75, 3.05) is 24.4 Å². The molecule has 0 spiro atoms. The molecule has 0 amide bonds. The van der Waals surface area contributed by atoms with Gasteiger partial charge in [-0.2, -0.15) is 23.5 Å². The quantitative estimate of drug-likeness (QED) is 0.923. The number of thioether (sulfide) groups is 2. The van der Waals surface area contributed by atoms with Crippen molar-refractivity contribution in [1.82, 2.24) is 0 Å². The molecule has 1 saturated heterocycles. The Hall–Kier alpha value is -0.390. The van der Waals surface area contributed by atoms with Gasteiger partial charge in [-0.3, -0.25) is 0 Å². The summed E-state index contributed by atoms with van der Waals surface area (Å²) >= 11 is 3.84. The highest BCUT2D eigenvalue weighted by atomic mass is 32.2. The van der Waals surface area contributed by atoms with E-state index in [1.54, 1.807) is 12.1 Å². The van der Waals surface area contributed by atoms with Gasteiger partial charge in [-0.05, 0) is 18.1 Å². The number of ether oxygens (including phenoxy) is 1. The third-order valence-electron chi connectivity index (χ3n) is 3.04. The van der Waals surface area contributed by atoms with Crippen LogP contribution in [0.15, 0.2) is 18.2 Å². The SMILES string of the molecule is COc1cccc(CC(N)C2CSCCS2)c1F. The Morgan fingerprint density at radius 1 is 1.50 bits per heavy atom. The Morgan fingerprint density at radius 3 is 3.00 bits per heavy atom. The molecule has 0 radical (unpaired) electrons. The van der Waals surface area contributed by atoms with Gasteiger partial charge in [0, 0.05) is 28.6 Å². The van der Waals surface area contributed by atoms with Crippen LogP contribution < -0.4 is 10.5 Å². The fraction of sp³-hybridized carbons (Fsp3) is 0.538. The van der Waals surface area contributed by atoms with Crippen molar-refractivity contribution in [3.8, 4) is 5.75 Å². The molecule has 2 rings (SSSR count). The summed E-state index contributed by atoms with van der Waals surface area (Å²) in [6, 6.07) is 5.24. The van der Waals surface area contributed by atoms with Crippen LogP contribution in [0.25, 0.3) is 0 Å². The minimum absolute atomic E-state index is 0.00408. The molecule has 100 valence electrons. The first-order valence-electron chi connectivity index (χ1n) is 5.98. The first-order valence-corrected chi connectivity index (χ1v) is 8.19. The molecule has 5 heteroatoms. The zero-order chi connectivity index (χ0) is 13.0. The average Bonchev–Trinajstić information content (AvgIpc) is 2.42. The summed E-state index contributed by atoms with van der Waals surface area (Å²) in [4.78, 5) is 0. The first kappa shape index (κ1) is 14.0. The minimum Gasteiger partial charge on any atom is -0.494 e. The summed E-state index contributed by atoms with van der Waals surface area (Å²) in [5.41, 5.74) is 6.85. The third-order valence-corrected chi connectivity index (χ3v) is 5.98. The Morgan fingerprint density at radius 2 is 2.33 bits per heavy atom. The lowest BCUT2D eigenvalue weighted by Gasteiger charge is -2.27. The number of halogens is 1. The molecule has 2 N–H and O–H groups in total. The molecule has 2 unspecified atom stereocenters. The molecule has 0 bridgehead atoms. The van der Waals surface area contributed by atoms with Crippen LogP contribution in [0.5, 0.6) is 5.75 Å². The lowest BCUT2D eigenvalue weighted by molar-refractivity contribution is 0.383. The van der Waals surface area contributed by atoms with Gasteiger partial charge in [0.15, 0.2) is 11.6 Å². The predicted molar refractivity (Wildman–Crippen MR) is 78.2 cm³/mol. The zero-order valence-corrected chi connectivity index (χ0v) is 12.0. The van der Waals surface area contributed by atoms with Crippen molar-refractivity contribution in [1.29, 1.82) is 0 Å². The molecule has 0 saturated carbocycles. The molecule has 1 aliphatic heterocycles. The van der Waals surface area contributed by atoms with Crippen LogP contribution in [0.2, 0.25) is 0 Å². The topological polar surface area (TPSA) is 35.2 Å². The van der Waals surface area contributed by atoms with Gasteiger partial charge in [0.1, 0.15) is 0 Å². The Kier molecular flexibility index (Phi) is 5.21. The largest absolute Gasteiger partial charge is 0.494 e. The maximum atomic E-state index is 14.0. The maximum Gasteiger partial charge on any atom is 0.168 e. The van der Waals surface area contributed by atoms with Crippen molar-refractivity contribution < 1.29 is 9.13 Å². The second-order valence-electron chi connectivity index (χ2n) is 4.29. The van der Waals surface area contributed by atoms with Crippen LogP contribution in [0, 0.1) is 5.82 Å². The van der Waals surface area contributed by atoms with E-state index in [2.05, 4.69) is 0 Å². The highest BCUT2D eigenvalue weighted by Crippen LogP contribution is 2.28. The number of benzene rings is 1. The Bertz CT molecular complexity index is 397. The van der Waals surface area contributed by atoms with Crippen LogP contribution in [-0.2, 0) is 6.42 Å². The molecule has 2 nitrogen and oxygen atoms in total. The fourth-order valence-corrected chi connectivity index (χ4v) is 4.83. The van der Waals surface area contributed by atoms with Gasteiger partial charge in [0.2, 0.25) is 0 Å². The minimum atomic E-state index is -0.274. The van der Waals surface area contributed by atoms with E-state index in [9.17, 15) is 4.39 Å². The van der Waals surface area contributed by atoms with E-state index in [1.165, 1.54) is 12.9 Å². The summed E-state index contributed by atoms with van der Waals surface area (Å²) < 4.78 is 19.0. The average molecular weight is 287 g/mol. The van der Waals surface area contributed by atoms with Crippen LogP contribution in [-0.4, -0.2) is 35.7 Å². The van der Waals surface area contributed by atoms with E-state index < -0.39 is 0 Å². The van der Waals surface area contributed by atoms with E-state index >= 15 is 0 Å². The highest BCUT2D eigenvalue weighted by molar-refractivity contribution is 8.06. The lowest BCUT2D eigenvalue weighted by atomic mass is 10.0. The van der Waals surface area contributed by atoms with Gasteiger partial charge in [-0.15, -0.1) is 0 Å². The Labute approximate surface area is 116 Å². The predicted octanol–water partition coefficient (Wildman–Crippen LogP) is 2.55. The molecule has 0 aromatic heterocycles. The summed E-state index contributed by atoms with van der Waals surface area (Å²) in [5.74, 6) is 3.43. The molecule has 1 aliphatic rings. The third kappa shape index (κ3) is 3.33. The van der Waals surface area contributed by atoms with Gasteiger partial charge in [-0.25, -0.2) is 4.39 Å². The molecular weight excluding hydrogens is 269 g/mol. The van der Waals surface area contributed by atoms with Gasteiger partial charge >= 0.3 is 0 Å². The van der Waals surface area contributed by atoms with Crippen LogP contribution in [0.1, 0.15) is 5.56 Å². The van der Waals surface area contributed by atoms with E-state index in [0.29, 0.717) is 23.0 Å². The molecule has 1 heterocycles. The molecule has 18 heavy (non-hydrogen) atoms. The second kappa shape index (κ2) is 6.68. The van der Waals surface area contributed by atoms with Crippen molar-refractivity contribution in [2.45, 2.75) is 17.7 Å². The second-order valence-corrected chi connectivity index (χ2v) is 6.78. The maximum absolute atomic E-state index is 14.0.